The second-order valence-electron chi connectivity index (χ2n) is 11.6. The number of nitrogens with zero attached hydrogens (tertiary/aromatic N) is 3. The number of carboxylic acid groups (broad SMARTS) is 1. The molecule has 11 nitrogen and oxygen atoms in total. The molecular weight excluding hydrogens is 574 g/mol. The van der Waals surface area contributed by atoms with E-state index >= 15 is 8.78 Å². The topological polar surface area (TPSA) is 146 Å². The summed E-state index contributed by atoms with van der Waals surface area (Å²) in [7, 11) is 0. The van der Waals surface area contributed by atoms with Gasteiger partial charge in [-0.1, -0.05) is 51.1 Å². The number of aliphatic carboxylic acids is 1. The van der Waals surface area contributed by atoms with Crippen LogP contribution in [0.5, 0.6) is 0 Å². The summed E-state index contributed by atoms with van der Waals surface area (Å²) in [4.78, 5) is 48.2. The van der Waals surface area contributed by atoms with Gasteiger partial charge in [0.1, 0.15) is 6.61 Å². The van der Waals surface area contributed by atoms with Crippen LogP contribution in [0.3, 0.4) is 0 Å². The number of halogens is 2. The number of aromatic nitrogens is 2. The van der Waals surface area contributed by atoms with Gasteiger partial charge in [0.25, 0.3) is 5.91 Å². The Morgan fingerprint density at radius 2 is 1.64 bits per heavy atom. The molecule has 44 heavy (non-hydrogen) atoms. The smallest absolute Gasteiger partial charge is 0.408 e. The number of hydrogen-bond donors (Lipinski definition) is 4. The van der Waals surface area contributed by atoms with Gasteiger partial charge in [0.05, 0.1) is 17.8 Å². The molecule has 4 N–H and O–H groups in total. The molecule has 1 aromatic heterocycles. The van der Waals surface area contributed by atoms with E-state index in [1.807, 2.05) is 0 Å². The molecule has 2 aromatic carbocycles. The van der Waals surface area contributed by atoms with Gasteiger partial charge in [0.15, 0.2) is 17.2 Å². The highest BCUT2D eigenvalue weighted by Crippen LogP contribution is 2.32. The highest BCUT2D eigenvalue weighted by atomic mass is 19.2. The van der Waals surface area contributed by atoms with Crippen molar-refractivity contribution in [1.29, 1.82) is 0 Å². The number of piperidine rings is 1. The van der Waals surface area contributed by atoms with Crippen LogP contribution in [0.1, 0.15) is 49.5 Å². The van der Waals surface area contributed by atoms with Crippen molar-refractivity contribution in [1.82, 2.24) is 20.6 Å². The van der Waals surface area contributed by atoms with Crippen LogP contribution in [0.15, 0.2) is 60.9 Å². The van der Waals surface area contributed by atoms with E-state index in [9.17, 15) is 19.5 Å². The van der Waals surface area contributed by atoms with E-state index in [0.29, 0.717) is 37.4 Å². The molecule has 0 radical (unpaired) electrons. The summed E-state index contributed by atoms with van der Waals surface area (Å²) < 4.78 is 35.7. The molecule has 1 aliphatic rings. The molecule has 0 aliphatic carbocycles. The summed E-state index contributed by atoms with van der Waals surface area (Å²) in [5.74, 6) is -4.52. The largest absolute Gasteiger partial charge is 0.479 e. The van der Waals surface area contributed by atoms with Crippen LogP contribution in [-0.4, -0.2) is 64.3 Å². The quantitative estimate of drug-likeness (QED) is 0.263. The molecule has 0 spiro atoms. The number of anilines is 2. The molecule has 1 saturated heterocycles. The molecule has 0 unspecified atom stereocenters. The molecule has 1 aliphatic heterocycles. The van der Waals surface area contributed by atoms with Gasteiger partial charge in [-0.05, 0) is 42.0 Å². The molecule has 13 heteroatoms. The van der Waals surface area contributed by atoms with Gasteiger partial charge in [-0.25, -0.2) is 28.3 Å². The van der Waals surface area contributed by atoms with Crippen molar-refractivity contribution in [3.8, 4) is 0 Å². The number of ether oxygens (including phenoxy) is 1. The first-order chi connectivity index (χ1) is 20.9. The van der Waals surface area contributed by atoms with Gasteiger partial charge >= 0.3 is 12.1 Å². The van der Waals surface area contributed by atoms with Gasteiger partial charge in [-0.2, -0.15) is 0 Å². The Labute approximate surface area is 254 Å². The second kappa shape index (κ2) is 13.7. The minimum absolute atomic E-state index is 0.0193. The molecule has 0 saturated carbocycles. The number of rotatable bonds is 10. The van der Waals surface area contributed by atoms with Crippen molar-refractivity contribution in [2.75, 3.05) is 29.9 Å². The summed E-state index contributed by atoms with van der Waals surface area (Å²) >= 11 is 0. The first-order valence-electron chi connectivity index (χ1n) is 14.2. The maximum absolute atomic E-state index is 15.2. The van der Waals surface area contributed by atoms with Crippen molar-refractivity contribution >= 4 is 29.6 Å². The second-order valence-corrected chi connectivity index (χ2v) is 11.6. The SMILES string of the molecule is CC(C)(C)[C@@](CNC(=O)c1ccc(N2CCC(Nc3ncccn3)CC2)c(F)c1F)(NC(=O)OCc1ccccc1)C(=O)O. The van der Waals surface area contributed by atoms with Crippen molar-refractivity contribution in [2.45, 2.75) is 51.8 Å². The van der Waals surface area contributed by atoms with Crippen LogP contribution in [0.2, 0.25) is 0 Å². The Hall–Kier alpha value is -4.81. The zero-order chi connectivity index (χ0) is 31.9. The first-order valence-corrected chi connectivity index (χ1v) is 14.2. The Bertz CT molecular complexity index is 1460. The van der Waals surface area contributed by atoms with E-state index < -0.39 is 52.7 Å². The molecule has 1 atom stereocenters. The lowest BCUT2D eigenvalue weighted by Gasteiger charge is -2.41. The molecule has 3 aromatic rings. The maximum Gasteiger partial charge on any atom is 0.408 e. The molecule has 1 fully saturated rings. The van der Waals surface area contributed by atoms with Crippen molar-refractivity contribution in [2.24, 2.45) is 5.41 Å². The molecule has 4 rings (SSSR count). The fourth-order valence-electron chi connectivity index (χ4n) is 4.97. The molecule has 2 heterocycles. The molecule has 0 bridgehead atoms. The monoisotopic (exact) mass is 610 g/mol. The third-order valence-corrected chi connectivity index (χ3v) is 7.73. The summed E-state index contributed by atoms with van der Waals surface area (Å²) in [5, 5.41) is 18.2. The van der Waals surface area contributed by atoms with E-state index in [2.05, 4.69) is 25.9 Å². The number of hydrogen-bond acceptors (Lipinski definition) is 8. The standard InChI is InChI=1S/C31H36F2N6O5/c1-30(2,3)31(27(41)42,38-29(43)44-18-20-8-5-4-6-9-20)19-36-26(40)22-10-11-23(25(33)24(22)32)39-16-12-21(13-17-39)37-28-34-14-7-15-35-28/h4-11,14-15,21H,12-13,16-19H2,1-3H3,(H,36,40)(H,38,43)(H,41,42)(H,34,35,37)/t31-/m0/s1. The highest BCUT2D eigenvalue weighted by molar-refractivity contribution is 5.96. The van der Waals surface area contributed by atoms with Crippen LogP contribution in [0, 0.1) is 17.0 Å². The van der Waals surface area contributed by atoms with Crippen LogP contribution in [0.4, 0.5) is 25.2 Å². The van der Waals surface area contributed by atoms with E-state index in [1.165, 1.54) is 6.07 Å². The van der Waals surface area contributed by atoms with Gasteiger partial charge in [-0.15, -0.1) is 0 Å². The summed E-state index contributed by atoms with van der Waals surface area (Å²) in [6.45, 7) is 4.82. The average Bonchev–Trinajstić information content (AvgIpc) is 3.00. The lowest BCUT2D eigenvalue weighted by Crippen LogP contribution is -2.67. The molecule has 234 valence electrons. The molecule has 2 amide bonds. The number of benzene rings is 2. The lowest BCUT2D eigenvalue weighted by atomic mass is 9.73. The van der Waals surface area contributed by atoms with E-state index in [0.717, 1.165) is 6.07 Å². The van der Waals surface area contributed by atoms with Gasteiger partial charge in [0.2, 0.25) is 5.95 Å². The van der Waals surface area contributed by atoms with Crippen LogP contribution in [-0.2, 0) is 16.1 Å². The minimum atomic E-state index is -2.05. The number of carbonyl (C=O) groups is 3. The van der Waals surface area contributed by atoms with E-state index in [4.69, 9.17) is 4.74 Å². The normalized spacial score (nSPS) is 15.2. The molecular formula is C31H36F2N6O5. The van der Waals surface area contributed by atoms with Gasteiger partial charge in [-0.3, -0.25) is 4.79 Å². The van der Waals surface area contributed by atoms with Crippen LogP contribution in [0.25, 0.3) is 0 Å². The predicted molar refractivity (Wildman–Crippen MR) is 159 cm³/mol. The first kappa shape index (κ1) is 32.1. The number of carboxylic acids is 1. The van der Waals surface area contributed by atoms with E-state index in [1.54, 1.807) is 74.5 Å². The Balaban J connectivity index is 1.41. The maximum atomic E-state index is 15.2. The highest BCUT2D eigenvalue weighted by Gasteiger charge is 2.51. The van der Waals surface area contributed by atoms with Crippen molar-refractivity contribution in [3.63, 3.8) is 0 Å². The predicted octanol–water partition coefficient (Wildman–Crippen LogP) is 4.36. The van der Waals surface area contributed by atoms with Crippen molar-refractivity contribution in [3.05, 3.63) is 83.7 Å². The Morgan fingerprint density at radius 3 is 2.25 bits per heavy atom. The fraction of sp³-hybridized carbons (Fsp3) is 0.387. The third-order valence-electron chi connectivity index (χ3n) is 7.73. The van der Waals surface area contributed by atoms with Crippen LogP contribution < -0.4 is 20.9 Å². The van der Waals surface area contributed by atoms with E-state index in [-0.39, 0.29) is 18.3 Å². The summed E-state index contributed by atoms with van der Waals surface area (Å²) in [6.07, 6.45) is 3.50. The van der Waals surface area contributed by atoms with Gasteiger partial charge in [0, 0.05) is 31.5 Å². The Morgan fingerprint density at radius 1 is 0.977 bits per heavy atom. The summed E-state index contributed by atoms with van der Waals surface area (Å²) in [6, 6.07) is 13.1. The summed E-state index contributed by atoms with van der Waals surface area (Å²) in [5.41, 5.74) is -3.07. The fourth-order valence-corrected chi connectivity index (χ4v) is 4.97. The average molecular weight is 611 g/mol. The number of carbonyl (C=O) groups excluding carboxylic acids is 2. The lowest BCUT2D eigenvalue weighted by molar-refractivity contribution is -0.149. The number of nitrogens with one attached hydrogen (secondary N) is 3. The van der Waals surface area contributed by atoms with Gasteiger partial charge < -0.3 is 30.7 Å². The number of alkyl carbamates (subject to hydrolysis) is 1. The number of amides is 2. The third kappa shape index (κ3) is 7.39. The Kier molecular flexibility index (Phi) is 9.97. The zero-order valence-corrected chi connectivity index (χ0v) is 24.8. The van der Waals surface area contributed by atoms with Crippen molar-refractivity contribution < 1.29 is 33.0 Å². The van der Waals surface area contributed by atoms with Crippen LogP contribution >= 0.6 is 0 Å². The zero-order valence-electron chi connectivity index (χ0n) is 24.8. The minimum Gasteiger partial charge on any atom is -0.479 e.